The molecule has 1 amide bonds. The highest BCUT2D eigenvalue weighted by Gasteiger charge is 2.23. The fourth-order valence-corrected chi connectivity index (χ4v) is 3.59. The monoisotopic (exact) mass is 419 g/mol. The highest BCUT2D eigenvalue weighted by molar-refractivity contribution is 5.94. The van der Waals surface area contributed by atoms with Crippen molar-refractivity contribution in [3.05, 3.63) is 99.0 Å². The molecule has 2 aromatic carbocycles. The summed E-state index contributed by atoms with van der Waals surface area (Å²) in [4.78, 5) is 25.4. The second-order valence-electron chi connectivity index (χ2n) is 7.99. The maximum absolute atomic E-state index is 12.2. The van der Waals surface area contributed by atoms with E-state index in [9.17, 15) is 14.9 Å². The molecule has 7 heteroatoms. The molecule has 1 heterocycles. The van der Waals surface area contributed by atoms with E-state index in [1.807, 2.05) is 42.5 Å². The molecule has 0 aliphatic heterocycles. The average Bonchev–Trinajstić information content (AvgIpc) is 3.41. The standard InChI is InChI=1S/C24H25N3O4/c1-17-20(4-2-6-23(17)27(29)30)15-26(16-22-5-3-13-31-22)14-18-7-9-19(10-8-18)24(28)25-21-11-12-21/h2-10,13,21H,11-12,14-16H2,1H3,(H,25,28). The van der Waals surface area contributed by atoms with Crippen molar-refractivity contribution in [2.45, 2.75) is 45.4 Å². The second kappa shape index (κ2) is 9.14. The Kier molecular flexibility index (Phi) is 6.13. The van der Waals surface area contributed by atoms with Crippen LogP contribution in [0.3, 0.4) is 0 Å². The maximum Gasteiger partial charge on any atom is 0.272 e. The number of nitrogens with zero attached hydrogens (tertiary/aromatic N) is 2. The summed E-state index contributed by atoms with van der Waals surface area (Å²) in [7, 11) is 0. The Morgan fingerprint density at radius 2 is 1.87 bits per heavy atom. The van der Waals surface area contributed by atoms with Crippen LogP contribution in [0, 0.1) is 17.0 Å². The Labute approximate surface area is 180 Å². The fraction of sp³-hybridized carbons (Fsp3) is 0.292. The molecule has 31 heavy (non-hydrogen) atoms. The zero-order chi connectivity index (χ0) is 21.8. The van der Waals surface area contributed by atoms with Gasteiger partial charge in [-0.15, -0.1) is 0 Å². The van der Waals surface area contributed by atoms with Crippen LogP contribution < -0.4 is 5.32 Å². The summed E-state index contributed by atoms with van der Waals surface area (Å²) in [6.07, 6.45) is 3.75. The van der Waals surface area contributed by atoms with Gasteiger partial charge >= 0.3 is 0 Å². The third-order valence-corrected chi connectivity index (χ3v) is 5.50. The molecule has 0 unspecified atom stereocenters. The zero-order valence-electron chi connectivity index (χ0n) is 17.4. The number of hydrogen-bond acceptors (Lipinski definition) is 5. The summed E-state index contributed by atoms with van der Waals surface area (Å²) in [6.45, 7) is 3.51. The molecule has 1 N–H and O–H groups in total. The van der Waals surface area contributed by atoms with Crippen LogP contribution in [0.15, 0.2) is 65.3 Å². The van der Waals surface area contributed by atoms with Gasteiger partial charge in [0.1, 0.15) is 5.76 Å². The molecule has 7 nitrogen and oxygen atoms in total. The molecular formula is C24H25N3O4. The third kappa shape index (κ3) is 5.38. The Bertz CT molecular complexity index is 1060. The molecule has 0 atom stereocenters. The number of rotatable bonds is 9. The van der Waals surface area contributed by atoms with Gasteiger partial charge in [0.2, 0.25) is 0 Å². The first kappa shape index (κ1) is 20.8. The lowest BCUT2D eigenvalue weighted by molar-refractivity contribution is -0.385. The maximum atomic E-state index is 12.2. The van der Waals surface area contributed by atoms with Gasteiger partial charge in [-0.1, -0.05) is 24.3 Å². The van der Waals surface area contributed by atoms with Gasteiger partial charge in [0.25, 0.3) is 11.6 Å². The predicted molar refractivity (Wildman–Crippen MR) is 116 cm³/mol. The molecule has 1 fully saturated rings. The normalized spacial score (nSPS) is 13.4. The van der Waals surface area contributed by atoms with Crippen molar-refractivity contribution in [3.63, 3.8) is 0 Å². The Morgan fingerprint density at radius 1 is 1.10 bits per heavy atom. The minimum absolute atomic E-state index is 0.0336. The smallest absolute Gasteiger partial charge is 0.272 e. The topological polar surface area (TPSA) is 88.6 Å². The minimum Gasteiger partial charge on any atom is -0.468 e. The summed E-state index contributed by atoms with van der Waals surface area (Å²) in [5.41, 5.74) is 3.41. The van der Waals surface area contributed by atoms with Gasteiger partial charge in [0.05, 0.1) is 17.7 Å². The molecule has 0 bridgehead atoms. The van der Waals surface area contributed by atoms with E-state index in [1.165, 1.54) is 6.07 Å². The van der Waals surface area contributed by atoms with E-state index >= 15 is 0 Å². The number of amides is 1. The minimum atomic E-state index is -0.346. The molecule has 0 radical (unpaired) electrons. The molecule has 4 rings (SSSR count). The average molecular weight is 419 g/mol. The number of benzene rings is 2. The van der Waals surface area contributed by atoms with Gasteiger partial charge in [0, 0.05) is 36.3 Å². The van der Waals surface area contributed by atoms with Crippen LogP contribution in [0.2, 0.25) is 0 Å². The van der Waals surface area contributed by atoms with E-state index in [2.05, 4.69) is 10.2 Å². The molecule has 3 aromatic rings. The van der Waals surface area contributed by atoms with Crippen molar-refractivity contribution in [3.8, 4) is 0 Å². The van der Waals surface area contributed by atoms with Gasteiger partial charge in [0.15, 0.2) is 0 Å². The number of carbonyl (C=O) groups is 1. The van der Waals surface area contributed by atoms with Gasteiger partial charge < -0.3 is 9.73 Å². The number of furan rings is 1. The SMILES string of the molecule is Cc1c(CN(Cc2ccc(C(=O)NC3CC3)cc2)Cc2ccco2)cccc1[N+](=O)[O-]. The van der Waals surface area contributed by atoms with E-state index in [0.717, 1.165) is 29.7 Å². The number of hydrogen-bond donors (Lipinski definition) is 1. The van der Waals surface area contributed by atoms with Crippen molar-refractivity contribution in [1.82, 2.24) is 10.2 Å². The summed E-state index contributed by atoms with van der Waals surface area (Å²) < 4.78 is 5.52. The first-order valence-corrected chi connectivity index (χ1v) is 10.4. The number of nitro groups is 1. The van der Waals surface area contributed by atoms with E-state index in [4.69, 9.17) is 4.42 Å². The predicted octanol–water partition coefficient (Wildman–Crippen LogP) is 4.59. The largest absolute Gasteiger partial charge is 0.468 e. The van der Waals surface area contributed by atoms with Crippen molar-refractivity contribution in [2.24, 2.45) is 0 Å². The number of nitrogens with one attached hydrogen (secondary N) is 1. The Morgan fingerprint density at radius 3 is 2.52 bits per heavy atom. The Hall–Kier alpha value is -3.45. The summed E-state index contributed by atoms with van der Waals surface area (Å²) >= 11 is 0. The van der Waals surface area contributed by atoms with Gasteiger partial charge in [-0.05, 0) is 55.2 Å². The highest BCUT2D eigenvalue weighted by Crippen LogP contribution is 2.24. The quantitative estimate of drug-likeness (QED) is 0.405. The molecule has 1 aromatic heterocycles. The van der Waals surface area contributed by atoms with E-state index in [0.29, 0.717) is 36.8 Å². The molecule has 1 saturated carbocycles. The van der Waals surface area contributed by atoms with Gasteiger partial charge in [-0.25, -0.2) is 0 Å². The van der Waals surface area contributed by atoms with Crippen molar-refractivity contribution >= 4 is 11.6 Å². The third-order valence-electron chi connectivity index (χ3n) is 5.50. The van der Waals surface area contributed by atoms with Crippen molar-refractivity contribution in [1.29, 1.82) is 0 Å². The summed E-state index contributed by atoms with van der Waals surface area (Å²) in [6, 6.07) is 16.9. The van der Waals surface area contributed by atoms with Crippen LogP contribution in [0.25, 0.3) is 0 Å². The molecule has 1 aliphatic rings. The van der Waals surface area contributed by atoms with Crippen LogP contribution in [0.1, 0.15) is 45.7 Å². The first-order valence-electron chi connectivity index (χ1n) is 10.4. The highest BCUT2D eigenvalue weighted by atomic mass is 16.6. The number of carbonyl (C=O) groups excluding carboxylic acids is 1. The molecule has 0 spiro atoms. The summed E-state index contributed by atoms with van der Waals surface area (Å²) in [5.74, 6) is 0.789. The fourth-order valence-electron chi connectivity index (χ4n) is 3.59. The van der Waals surface area contributed by atoms with Gasteiger partial charge in [-0.3, -0.25) is 19.8 Å². The van der Waals surface area contributed by atoms with Crippen molar-refractivity contribution < 1.29 is 14.1 Å². The zero-order valence-corrected chi connectivity index (χ0v) is 17.4. The van der Waals surface area contributed by atoms with E-state index in [-0.39, 0.29) is 16.5 Å². The number of nitro benzene ring substituents is 1. The van der Waals surface area contributed by atoms with Crippen LogP contribution in [0.4, 0.5) is 5.69 Å². The first-order chi connectivity index (χ1) is 15.0. The molecule has 0 saturated heterocycles. The lowest BCUT2D eigenvalue weighted by Crippen LogP contribution is -2.25. The second-order valence-corrected chi connectivity index (χ2v) is 7.99. The Balaban J connectivity index is 1.51. The molecular weight excluding hydrogens is 394 g/mol. The van der Waals surface area contributed by atoms with Crippen LogP contribution in [-0.2, 0) is 19.6 Å². The van der Waals surface area contributed by atoms with Crippen LogP contribution in [-0.4, -0.2) is 21.8 Å². The van der Waals surface area contributed by atoms with Crippen LogP contribution >= 0.6 is 0 Å². The molecule has 1 aliphatic carbocycles. The molecule has 160 valence electrons. The van der Waals surface area contributed by atoms with Gasteiger partial charge in [-0.2, -0.15) is 0 Å². The van der Waals surface area contributed by atoms with Crippen molar-refractivity contribution in [2.75, 3.05) is 0 Å². The van der Waals surface area contributed by atoms with E-state index in [1.54, 1.807) is 19.3 Å². The lowest BCUT2D eigenvalue weighted by Gasteiger charge is -2.22. The van der Waals surface area contributed by atoms with Crippen LogP contribution in [0.5, 0.6) is 0 Å². The van der Waals surface area contributed by atoms with E-state index < -0.39 is 0 Å². The lowest BCUT2D eigenvalue weighted by atomic mass is 10.1. The summed E-state index contributed by atoms with van der Waals surface area (Å²) in [5, 5.41) is 14.3.